The zero-order chi connectivity index (χ0) is 16.9. The Balaban J connectivity index is 2.98. The van der Waals surface area contributed by atoms with Crippen LogP contribution >= 0.6 is 0 Å². The van der Waals surface area contributed by atoms with E-state index >= 15 is 0 Å². The lowest BCUT2D eigenvalue weighted by atomic mass is 10.1. The fourth-order valence-electron chi connectivity index (χ4n) is 1.73. The summed E-state index contributed by atoms with van der Waals surface area (Å²) in [6, 6.07) is 5.03. The van der Waals surface area contributed by atoms with E-state index in [1.807, 2.05) is 13.8 Å². The number of amides is 3. The first-order valence-corrected chi connectivity index (χ1v) is 6.90. The molecule has 3 amide bonds. The summed E-state index contributed by atoms with van der Waals surface area (Å²) < 4.78 is 0. The molecule has 0 fully saturated rings. The normalized spacial score (nSPS) is 11.7. The summed E-state index contributed by atoms with van der Waals surface area (Å²) >= 11 is 0. The summed E-state index contributed by atoms with van der Waals surface area (Å²) in [6.07, 6.45) is 0. The molecule has 7 heteroatoms. The molecule has 1 aromatic rings. The third-order valence-electron chi connectivity index (χ3n) is 3.08. The van der Waals surface area contributed by atoms with Gasteiger partial charge >= 0.3 is 12.0 Å². The molecule has 0 aliphatic heterocycles. The summed E-state index contributed by atoms with van der Waals surface area (Å²) in [5.74, 6) is -1.57. The number of rotatable bonds is 5. The van der Waals surface area contributed by atoms with Gasteiger partial charge in [-0.2, -0.15) is 0 Å². The van der Waals surface area contributed by atoms with E-state index in [0.29, 0.717) is 5.69 Å². The van der Waals surface area contributed by atoms with Crippen molar-refractivity contribution in [2.24, 2.45) is 0 Å². The minimum Gasteiger partial charge on any atom is -0.480 e. The number of benzene rings is 1. The number of anilines is 1. The van der Waals surface area contributed by atoms with Crippen LogP contribution in [0, 0.1) is 0 Å². The van der Waals surface area contributed by atoms with Crippen LogP contribution in [0.5, 0.6) is 0 Å². The van der Waals surface area contributed by atoms with Gasteiger partial charge in [0.15, 0.2) is 0 Å². The van der Waals surface area contributed by atoms with Crippen molar-refractivity contribution in [2.45, 2.75) is 32.9 Å². The van der Waals surface area contributed by atoms with Crippen LogP contribution < -0.4 is 10.6 Å². The molecule has 1 rings (SSSR count). The Labute approximate surface area is 129 Å². The van der Waals surface area contributed by atoms with E-state index in [-0.39, 0.29) is 11.6 Å². The largest absolute Gasteiger partial charge is 0.480 e. The number of aliphatic carboxylic acids is 1. The van der Waals surface area contributed by atoms with Crippen molar-refractivity contribution < 1.29 is 19.5 Å². The molecule has 3 N–H and O–H groups in total. The number of hydrogen-bond acceptors (Lipinski definition) is 3. The Morgan fingerprint density at radius 1 is 1.14 bits per heavy atom. The molecule has 22 heavy (non-hydrogen) atoms. The van der Waals surface area contributed by atoms with Crippen LogP contribution in [0.2, 0.25) is 0 Å². The van der Waals surface area contributed by atoms with Crippen molar-refractivity contribution in [1.82, 2.24) is 10.2 Å². The molecule has 1 aromatic carbocycles. The van der Waals surface area contributed by atoms with Crippen LogP contribution in [0.15, 0.2) is 24.3 Å². The molecule has 0 heterocycles. The summed E-state index contributed by atoms with van der Waals surface area (Å²) in [4.78, 5) is 36.3. The van der Waals surface area contributed by atoms with E-state index in [9.17, 15) is 14.4 Å². The van der Waals surface area contributed by atoms with Crippen LogP contribution in [0.25, 0.3) is 0 Å². The monoisotopic (exact) mass is 307 g/mol. The third kappa shape index (κ3) is 4.47. The number of nitrogens with one attached hydrogen (secondary N) is 2. The molecule has 0 spiro atoms. The minimum atomic E-state index is -1.10. The summed E-state index contributed by atoms with van der Waals surface area (Å²) in [7, 11) is 1.41. The van der Waals surface area contributed by atoms with Gasteiger partial charge in [0.25, 0.3) is 5.91 Å². The molecule has 0 aromatic heterocycles. The SMILES string of the molecule is CC(C)NC(=O)Nc1ccccc1C(=O)N(C)C(C)C(=O)O. The number of likely N-dealkylation sites (N-methyl/N-ethyl adjacent to an activating group) is 1. The molecule has 0 saturated heterocycles. The van der Waals surface area contributed by atoms with Crippen molar-refractivity contribution in [3.8, 4) is 0 Å². The number of carbonyl (C=O) groups excluding carboxylic acids is 2. The highest BCUT2D eigenvalue weighted by atomic mass is 16.4. The first-order chi connectivity index (χ1) is 10.2. The number of urea groups is 1. The van der Waals surface area contributed by atoms with Gasteiger partial charge in [-0.1, -0.05) is 12.1 Å². The Morgan fingerprint density at radius 2 is 1.73 bits per heavy atom. The van der Waals surface area contributed by atoms with Crippen LogP contribution in [0.3, 0.4) is 0 Å². The molecular formula is C15H21N3O4. The van der Waals surface area contributed by atoms with E-state index in [0.717, 1.165) is 4.90 Å². The van der Waals surface area contributed by atoms with Crippen LogP contribution in [0.4, 0.5) is 10.5 Å². The molecule has 0 radical (unpaired) electrons. The molecule has 0 bridgehead atoms. The quantitative estimate of drug-likeness (QED) is 0.772. The van der Waals surface area contributed by atoms with Crippen molar-refractivity contribution >= 4 is 23.6 Å². The number of carboxylic acids is 1. The highest BCUT2D eigenvalue weighted by Gasteiger charge is 2.24. The second-order valence-corrected chi connectivity index (χ2v) is 5.23. The number of carbonyl (C=O) groups is 3. The van der Waals surface area contributed by atoms with Crippen LogP contribution in [-0.4, -0.2) is 47.0 Å². The lowest BCUT2D eigenvalue weighted by Gasteiger charge is -2.23. The Kier molecular flexibility index (Phi) is 5.91. The minimum absolute atomic E-state index is 0.0439. The standard InChI is InChI=1S/C15H21N3O4/c1-9(2)16-15(22)17-12-8-6-5-7-11(12)13(19)18(4)10(3)14(20)21/h5-10H,1-4H3,(H,20,21)(H2,16,17,22). The number of para-hydroxylation sites is 1. The van der Waals surface area contributed by atoms with E-state index in [1.165, 1.54) is 14.0 Å². The molecule has 120 valence electrons. The first-order valence-electron chi connectivity index (χ1n) is 6.90. The number of carboxylic acid groups (broad SMARTS) is 1. The maximum absolute atomic E-state index is 12.4. The highest BCUT2D eigenvalue weighted by Crippen LogP contribution is 2.18. The van der Waals surface area contributed by atoms with Gasteiger partial charge < -0.3 is 20.6 Å². The van der Waals surface area contributed by atoms with Crippen molar-refractivity contribution in [3.05, 3.63) is 29.8 Å². The predicted molar refractivity (Wildman–Crippen MR) is 82.9 cm³/mol. The molecule has 0 aliphatic rings. The molecule has 0 saturated carbocycles. The average Bonchev–Trinajstić information content (AvgIpc) is 2.44. The van der Waals surface area contributed by atoms with E-state index in [4.69, 9.17) is 5.11 Å². The maximum atomic E-state index is 12.4. The smallest absolute Gasteiger partial charge is 0.326 e. The molecule has 0 aliphatic carbocycles. The number of hydrogen-bond donors (Lipinski definition) is 3. The average molecular weight is 307 g/mol. The molecule has 1 unspecified atom stereocenters. The van der Waals surface area contributed by atoms with Gasteiger partial charge in [0.1, 0.15) is 6.04 Å². The summed E-state index contributed by atoms with van der Waals surface area (Å²) in [6.45, 7) is 5.06. The van der Waals surface area contributed by atoms with Gasteiger partial charge in [0.2, 0.25) is 0 Å². The van der Waals surface area contributed by atoms with Gasteiger partial charge in [-0.25, -0.2) is 9.59 Å². The van der Waals surface area contributed by atoms with Crippen molar-refractivity contribution in [2.75, 3.05) is 12.4 Å². The zero-order valence-electron chi connectivity index (χ0n) is 13.1. The first kappa shape index (κ1) is 17.5. The predicted octanol–water partition coefficient (Wildman–Crippen LogP) is 1.76. The van der Waals surface area contributed by atoms with Crippen LogP contribution in [0.1, 0.15) is 31.1 Å². The molecule has 7 nitrogen and oxygen atoms in total. The lowest BCUT2D eigenvalue weighted by molar-refractivity contribution is -0.141. The second-order valence-electron chi connectivity index (χ2n) is 5.23. The van der Waals surface area contributed by atoms with Gasteiger partial charge in [-0.05, 0) is 32.9 Å². The fraction of sp³-hybridized carbons (Fsp3) is 0.400. The van der Waals surface area contributed by atoms with E-state index in [1.54, 1.807) is 24.3 Å². The third-order valence-corrected chi connectivity index (χ3v) is 3.08. The second kappa shape index (κ2) is 7.44. The number of nitrogens with zero attached hydrogens (tertiary/aromatic N) is 1. The lowest BCUT2D eigenvalue weighted by Crippen LogP contribution is -2.41. The summed E-state index contributed by atoms with van der Waals surface area (Å²) in [5, 5.41) is 14.2. The van der Waals surface area contributed by atoms with Crippen molar-refractivity contribution in [3.63, 3.8) is 0 Å². The molecule has 1 atom stereocenters. The summed E-state index contributed by atoms with van der Waals surface area (Å²) in [5.41, 5.74) is 0.562. The van der Waals surface area contributed by atoms with E-state index in [2.05, 4.69) is 10.6 Å². The van der Waals surface area contributed by atoms with Gasteiger partial charge in [-0.3, -0.25) is 4.79 Å². The zero-order valence-corrected chi connectivity index (χ0v) is 13.1. The van der Waals surface area contributed by atoms with Gasteiger partial charge in [0.05, 0.1) is 11.3 Å². The fourth-order valence-corrected chi connectivity index (χ4v) is 1.73. The van der Waals surface area contributed by atoms with E-state index < -0.39 is 23.9 Å². The topological polar surface area (TPSA) is 98.7 Å². The highest BCUT2D eigenvalue weighted by molar-refractivity contribution is 6.04. The Hall–Kier alpha value is -2.57. The Morgan fingerprint density at radius 3 is 2.27 bits per heavy atom. The molecular weight excluding hydrogens is 286 g/mol. The van der Waals surface area contributed by atoms with Gasteiger partial charge in [-0.15, -0.1) is 0 Å². The maximum Gasteiger partial charge on any atom is 0.326 e. The van der Waals surface area contributed by atoms with Crippen LogP contribution in [-0.2, 0) is 4.79 Å². The van der Waals surface area contributed by atoms with Crippen molar-refractivity contribution in [1.29, 1.82) is 0 Å². The van der Waals surface area contributed by atoms with Gasteiger partial charge in [0, 0.05) is 13.1 Å². The Bertz CT molecular complexity index is 572.